The number of pyridine rings is 1. The minimum Gasteiger partial charge on any atom is -0.383 e. The fraction of sp³-hybridized carbons (Fsp3) is 0.435. The van der Waals surface area contributed by atoms with Crippen molar-refractivity contribution in [1.29, 1.82) is 0 Å². The van der Waals surface area contributed by atoms with Crippen LogP contribution in [0.2, 0.25) is 0 Å². The van der Waals surface area contributed by atoms with Crippen molar-refractivity contribution < 1.29 is 9.32 Å². The van der Waals surface area contributed by atoms with Crippen LogP contribution in [0, 0.1) is 0 Å². The molecule has 2 N–H and O–H groups in total. The zero-order chi connectivity index (χ0) is 20.5. The maximum absolute atomic E-state index is 13.2. The van der Waals surface area contributed by atoms with Crippen molar-refractivity contribution in [2.45, 2.75) is 57.5 Å². The van der Waals surface area contributed by atoms with E-state index in [9.17, 15) is 4.79 Å². The Balaban J connectivity index is 1.27. The SMILES string of the molecule is CCN(C(=O)c1cc2ncccc2[nH]1)[C@@H]1C=C(NCc2cc(C3CC3)on2)CCC1. The van der Waals surface area contributed by atoms with E-state index in [1.54, 1.807) is 6.20 Å². The summed E-state index contributed by atoms with van der Waals surface area (Å²) in [5, 5.41) is 7.68. The van der Waals surface area contributed by atoms with Gasteiger partial charge >= 0.3 is 0 Å². The molecule has 1 atom stereocenters. The van der Waals surface area contributed by atoms with Crippen LogP contribution in [0.3, 0.4) is 0 Å². The van der Waals surface area contributed by atoms with Crippen LogP contribution in [0.1, 0.15) is 66.9 Å². The maximum atomic E-state index is 13.2. The van der Waals surface area contributed by atoms with Crippen molar-refractivity contribution in [3.05, 3.63) is 59.4 Å². The molecule has 3 heterocycles. The number of aromatic amines is 1. The Morgan fingerprint density at radius 1 is 1.33 bits per heavy atom. The Morgan fingerprint density at radius 2 is 2.23 bits per heavy atom. The van der Waals surface area contributed by atoms with Crippen molar-refractivity contribution in [2.75, 3.05) is 6.54 Å². The highest BCUT2D eigenvalue weighted by Crippen LogP contribution is 2.40. The number of nitrogens with one attached hydrogen (secondary N) is 2. The molecule has 7 nitrogen and oxygen atoms in total. The van der Waals surface area contributed by atoms with E-state index in [1.165, 1.54) is 18.5 Å². The number of amides is 1. The number of H-pyrrole nitrogens is 1. The molecule has 0 unspecified atom stereocenters. The van der Waals surface area contributed by atoms with Crippen molar-refractivity contribution >= 4 is 16.9 Å². The summed E-state index contributed by atoms with van der Waals surface area (Å²) < 4.78 is 5.44. The first-order chi connectivity index (χ1) is 14.7. The van der Waals surface area contributed by atoms with Gasteiger partial charge in [-0.3, -0.25) is 9.78 Å². The first-order valence-electron chi connectivity index (χ1n) is 10.9. The van der Waals surface area contributed by atoms with Gasteiger partial charge in [-0.25, -0.2) is 0 Å². The molecule has 0 spiro atoms. The van der Waals surface area contributed by atoms with Gasteiger partial charge in [-0.15, -0.1) is 0 Å². The molecule has 0 saturated heterocycles. The third-order valence-electron chi connectivity index (χ3n) is 6.01. The standard InChI is InChI=1S/C23H27N5O2/c1-2-28(23(29)21-13-20-19(26-21)7-4-10-24-20)18-6-3-5-16(11-18)25-14-17-12-22(30-27-17)15-8-9-15/h4,7,10-13,15,18,25-26H,2-3,5-6,8-9,14H2,1H3/t18-/m0/s1. The van der Waals surface area contributed by atoms with Gasteiger partial charge in [0.25, 0.3) is 5.91 Å². The van der Waals surface area contributed by atoms with Crippen LogP contribution in [-0.4, -0.2) is 38.5 Å². The molecule has 30 heavy (non-hydrogen) atoms. The third-order valence-corrected chi connectivity index (χ3v) is 6.01. The number of hydrogen-bond acceptors (Lipinski definition) is 5. The smallest absolute Gasteiger partial charge is 0.270 e. The number of fused-ring (bicyclic) bond motifs is 1. The fourth-order valence-electron chi connectivity index (χ4n) is 4.22. The number of carbonyl (C=O) groups is 1. The largest absolute Gasteiger partial charge is 0.383 e. The highest BCUT2D eigenvalue weighted by molar-refractivity contribution is 5.97. The van der Waals surface area contributed by atoms with Gasteiger partial charge < -0.3 is 19.7 Å². The van der Waals surface area contributed by atoms with Crippen molar-refractivity contribution in [3.8, 4) is 0 Å². The van der Waals surface area contributed by atoms with E-state index in [4.69, 9.17) is 4.52 Å². The second-order valence-corrected chi connectivity index (χ2v) is 8.21. The molecule has 5 rings (SSSR count). The summed E-state index contributed by atoms with van der Waals surface area (Å²) in [6.45, 7) is 3.34. The fourth-order valence-corrected chi connectivity index (χ4v) is 4.22. The molecule has 156 valence electrons. The molecule has 1 amide bonds. The number of aromatic nitrogens is 3. The van der Waals surface area contributed by atoms with Crippen LogP contribution in [0.5, 0.6) is 0 Å². The van der Waals surface area contributed by atoms with Crippen molar-refractivity contribution in [2.24, 2.45) is 0 Å². The Bertz CT molecular complexity index is 1050. The predicted molar refractivity (Wildman–Crippen MR) is 114 cm³/mol. The van der Waals surface area contributed by atoms with Gasteiger partial charge in [-0.2, -0.15) is 0 Å². The monoisotopic (exact) mass is 405 g/mol. The van der Waals surface area contributed by atoms with Crippen molar-refractivity contribution in [1.82, 2.24) is 25.3 Å². The number of rotatable bonds is 7. The topological polar surface area (TPSA) is 87.0 Å². The molecule has 2 aliphatic rings. The molecule has 0 aliphatic heterocycles. The average Bonchev–Trinajstić information content (AvgIpc) is 3.35. The minimum atomic E-state index is 0.0172. The van der Waals surface area contributed by atoms with Gasteiger partial charge in [-0.05, 0) is 63.3 Å². The highest BCUT2D eigenvalue weighted by atomic mass is 16.5. The van der Waals surface area contributed by atoms with Crippen LogP contribution in [0.15, 0.2) is 46.8 Å². The summed E-state index contributed by atoms with van der Waals surface area (Å²) in [6, 6.07) is 7.80. The quantitative estimate of drug-likeness (QED) is 0.617. The lowest BCUT2D eigenvalue weighted by Gasteiger charge is -2.32. The van der Waals surface area contributed by atoms with E-state index < -0.39 is 0 Å². The molecule has 0 bridgehead atoms. The van der Waals surface area contributed by atoms with Gasteiger partial charge in [0.05, 0.1) is 23.6 Å². The van der Waals surface area contributed by atoms with Crippen molar-refractivity contribution in [3.63, 3.8) is 0 Å². The van der Waals surface area contributed by atoms with Crippen LogP contribution >= 0.6 is 0 Å². The molecule has 3 aromatic heterocycles. The van der Waals surface area contributed by atoms with Crippen LogP contribution < -0.4 is 5.32 Å². The Hall–Kier alpha value is -3.09. The number of nitrogens with zero attached hydrogens (tertiary/aromatic N) is 3. The van der Waals surface area contributed by atoms with E-state index in [1.807, 2.05) is 30.0 Å². The number of allylic oxidation sites excluding steroid dienone is 1. The van der Waals surface area contributed by atoms with Gasteiger partial charge in [-0.1, -0.05) is 5.16 Å². The highest BCUT2D eigenvalue weighted by Gasteiger charge is 2.28. The Kier molecular flexibility index (Phi) is 5.02. The number of hydrogen-bond donors (Lipinski definition) is 2. The second-order valence-electron chi connectivity index (χ2n) is 8.21. The minimum absolute atomic E-state index is 0.0172. The molecule has 2 aliphatic carbocycles. The van der Waals surface area contributed by atoms with E-state index in [0.717, 1.165) is 41.8 Å². The second kappa shape index (κ2) is 7.97. The molecule has 1 saturated carbocycles. The van der Waals surface area contributed by atoms with Crippen LogP contribution in [0.25, 0.3) is 11.0 Å². The predicted octanol–water partition coefficient (Wildman–Crippen LogP) is 4.12. The lowest BCUT2D eigenvalue weighted by atomic mass is 9.98. The van der Waals surface area contributed by atoms with Gasteiger partial charge in [0.15, 0.2) is 0 Å². The lowest BCUT2D eigenvalue weighted by molar-refractivity contribution is 0.0706. The van der Waals surface area contributed by atoms with Crippen LogP contribution in [-0.2, 0) is 6.54 Å². The zero-order valence-corrected chi connectivity index (χ0v) is 17.2. The van der Waals surface area contributed by atoms with Crippen LogP contribution in [0.4, 0.5) is 0 Å². The number of likely N-dealkylation sites (N-methyl/N-ethyl adjacent to an activating group) is 1. The Morgan fingerprint density at radius 3 is 3.03 bits per heavy atom. The normalized spacial score (nSPS) is 19.0. The summed E-state index contributed by atoms with van der Waals surface area (Å²) >= 11 is 0. The van der Waals surface area contributed by atoms with E-state index in [2.05, 4.69) is 32.6 Å². The average molecular weight is 406 g/mol. The Labute approximate surface area is 175 Å². The molecular formula is C23H27N5O2. The molecule has 0 aromatic carbocycles. The summed E-state index contributed by atoms with van der Waals surface area (Å²) in [5.74, 6) is 1.61. The first-order valence-corrected chi connectivity index (χ1v) is 10.9. The first kappa shape index (κ1) is 18.9. The molecule has 3 aromatic rings. The van der Waals surface area contributed by atoms with Gasteiger partial charge in [0.2, 0.25) is 0 Å². The lowest BCUT2D eigenvalue weighted by Crippen LogP contribution is -2.41. The third kappa shape index (κ3) is 3.84. The molecule has 0 radical (unpaired) electrons. The summed E-state index contributed by atoms with van der Waals surface area (Å²) in [6.07, 6.45) is 9.38. The summed E-state index contributed by atoms with van der Waals surface area (Å²) in [5.41, 5.74) is 4.41. The summed E-state index contributed by atoms with van der Waals surface area (Å²) in [4.78, 5) is 22.7. The maximum Gasteiger partial charge on any atom is 0.270 e. The summed E-state index contributed by atoms with van der Waals surface area (Å²) in [7, 11) is 0. The molecular weight excluding hydrogens is 378 g/mol. The molecule has 1 fully saturated rings. The van der Waals surface area contributed by atoms with Gasteiger partial charge in [0.1, 0.15) is 17.1 Å². The van der Waals surface area contributed by atoms with Gasteiger partial charge in [0, 0.05) is 30.4 Å². The molecule has 7 heteroatoms. The zero-order valence-electron chi connectivity index (χ0n) is 17.2. The van der Waals surface area contributed by atoms with E-state index in [0.29, 0.717) is 24.7 Å². The number of carbonyl (C=O) groups excluding carboxylic acids is 1. The van der Waals surface area contributed by atoms with E-state index >= 15 is 0 Å². The van der Waals surface area contributed by atoms with E-state index in [-0.39, 0.29) is 11.9 Å².